The maximum atomic E-state index is 11.8. The molecule has 15 heteroatoms. The zero-order valence-corrected chi connectivity index (χ0v) is 37.3. The highest BCUT2D eigenvalue weighted by Crippen LogP contribution is 2.70. The summed E-state index contributed by atoms with van der Waals surface area (Å²) in [7, 11) is 0. The molecule has 0 radical (unpaired) electrons. The number of ether oxygens (including phenoxy) is 5. The summed E-state index contributed by atoms with van der Waals surface area (Å²) in [5.41, 5.74) is 1.49. The zero-order chi connectivity index (χ0) is 44.2. The monoisotopic (exact) mass is 880 g/mol. The first-order valence-electron chi connectivity index (χ1n) is 24.2. The second-order valence-electron chi connectivity index (χ2n) is 22.2. The molecule has 5 saturated carbocycles. The van der Waals surface area contributed by atoms with E-state index in [9.17, 15) is 46.0 Å². The van der Waals surface area contributed by atoms with Crippen LogP contribution in [0.3, 0.4) is 0 Å². The fourth-order valence-corrected chi connectivity index (χ4v) is 15.2. The van der Waals surface area contributed by atoms with Crippen molar-refractivity contribution in [1.29, 1.82) is 0 Å². The second-order valence-corrected chi connectivity index (χ2v) is 22.2. The average molecular weight is 880 g/mol. The van der Waals surface area contributed by atoms with E-state index in [2.05, 4.69) is 39.1 Å². The van der Waals surface area contributed by atoms with E-state index in [-0.39, 0.29) is 35.5 Å². The largest absolute Gasteiger partial charge is 0.396 e. The fourth-order valence-electron chi connectivity index (χ4n) is 15.2. The van der Waals surface area contributed by atoms with E-state index in [1.54, 1.807) is 6.92 Å². The van der Waals surface area contributed by atoms with E-state index >= 15 is 0 Å². The number of aliphatic hydroxyl groups is 9. The van der Waals surface area contributed by atoms with Crippen LogP contribution in [0.5, 0.6) is 0 Å². The van der Waals surface area contributed by atoms with Crippen LogP contribution in [0.25, 0.3) is 0 Å². The lowest BCUT2D eigenvalue weighted by molar-refractivity contribution is -0.338. The first kappa shape index (κ1) is 46.3. The maximum absolute atomic E-state index is 11.8. The molecule has 0 aromatic heterocycles. The Kier molecular flexibility index (Phi) is 12.9. The molecule has 3 heterocycles. The van der Waals surface area contributed by atoms with Crippen LogP contribution in [0.15, 0.2) is 11.6 Å². The Balaban J connectivity index is 0.940. The van der Waals surface area contributed by atoms with Crippen molar-refractivity contribution in [3.8, 4) is 0 Å². The SMILES string of the molecule is CC1OC(OC2C(OC3CCC4(C)C(=CCC5C4CCC4(C)C5CC5OC6(CC[C@@H](C)CN6)C(C)C54)C3)CC(CO)C(O)C2OC2CC(CO)C(O)C(O)C2O)C(O)C(O)C1O. The molecule has 9 aliphatic rings. The van der Waals surface area contributed by atoms with Crippen molar-refractivity contribution in [2.75, 3.05) is 19.8 Å². The third-order valence-electron chi connectivity index (χ3n) is 19.0. The molecular weight excluding hydrogens is 803 g/mol. The standard InChI is InChI=1S/C47H77NO14/c1-21-8-13-47(48-18-21)22(2)34-31(62-47)17-30-28-7-6-26-16-27(9-11-45(26,4)29(28)10-12-46(30,34)5)59-33-15-25(20-50)37(53)43(60-32-14-24(19-49)36(52)40(56)38(32)54)42(33)61-44-41(57)39(55)35(51)23(3)58-44/h6,21-25,27-44,48-57H,7-20H2,1-5H3/t21-,22?,23?,24?,25?,27?,28?,29?,30?,31?,32?,33?,34?,35?,36?,37?,38?,39?,40?,41?,42?,43?,44?,45?,46?,47?/m1/s1. The highest BCUT2D eigenvalue weighted by atomic mass is 16.7. The van der Waals surface area contributed by atoms with Crippen molar-refractivity contribution >= 4 is 0 Å². The van der Waals surface area contributed by atoms with Gasteiger partial charge in [0.15, 0.2) is 6.29 Å². The van der Waals surface area contributed by atoms with Gasteiger partial charge in [0.25, 0.3) is 0 Å². The second kappa shape index (κ2) is 17.3. The number of nitrogens with one attached hydrogen (secondary N) is 1. The van der Waals surface area contributed by atoms with Gasteiger partial charge in [0.1, 0.15) is 48.5 Å². The molecule has 10 N–H and O–H groups in total. The van der Waals surface area contributed by atoms with E-state index in [1.165, 1.54) is 24.8 Å². The summed E-state index contributed by atoms with van der Waals surface area (Å²) in [6.45, 7) is 11.5. The van der Waals surface area contributed by atoms with Crippen molar-refractivity contribution in [2.24, 2.45) is 58.2 Å². The molecule has 15 nitrogen and oxygen atoms in total. The Morgan fingerprint density at radius 2 is 1.42 bits per heavy atom. The van der Waals surface area contributed by atoms with Gasteiger partial charge in [-0.2, -0.15) is 0 Å². The van der Waals surface area contributed by atoms with Crippen LogP contribution in [0.1, 0.15) is 105 Å². The average Bonchev–Trinajstić information content (AvgIpc) is 3.70. The van der Waals surface area contributed by atoms with Gasteiger partial charge in [-0.15, -0.1) is 0 Å². The van der Waals surface area contributed by atoms with Crippen molar-refractivity contribution in [3.63, 3.8) is 0 Å². The van der Waals surface area contributed by atoms with E-state index in [4.69, 9.17) is 23.7 Å². The number of hydrogen-bond acceptors (Lipinski definition) is 15. The molecule has 9 rings (SSSR count). The lowest BCUT2D eigenvalue weighted by Crippen LogP contribution is -2.64. The smallest absolute Gasteiger partial charge is 0.187 e. The third-order valence-corrected chi connectivity index (χ3v) is 19.0. The van der Waals surface area contributed by atoms with Gasteiger partial charge >= 0.3 is 0 Å². The van der Waals surface area contributed by atoms with Crippen LogP contribution in [-0.2, 0) is 23.7 Å². The lowest BCUT2D eigenvalue weighted by atomic mass is 9.47. The van der Waals surface area contributed by atoms with Gasteiger partial charge in [-0.05, 0) is 118 Å². The van der Waals surface area contributed by atoms with Gasteiger partial charge in [0.2, 0.25) is 0 Å². The normalized spacial score (nSPS) is 57.6. The number of hydrogen-bond donors (Lipinski definition) is 10. The van der Waals surface area contributed by atoms with Crippen LogP contribution in [0, 0.1) is 58.2 Å². The van der Waals surface area contributed by atoms with Crippen LogP contribution < -0.4 is 5.32 Å². The molecular formula is C47H77NO14. The highest BCUT2D eigenvalue weighted by Gasteiger charge is 2.68. The quantitative estimate of drug-likeness (QED) is 0.154. The summed E-state index contributed by atoms with van der Waals surface area (Å²) in [5.74, 6) is 1.93. The molecule has 62 heavy (non-hydrogen) atoms. The van der Waals surface area contributed by atoms with Gasteiger partial charge in [-0.1, -0.05) is 39.3 Å². The number of fused-ring (bicyclic) bond motifs is 7. The van der Waals surface area contributed by atoms with Crippen molar-refractivity contribution in [2.45, 2.75) is 203 Å². The van der Waals surface area contributed by atoms with Gasteiger partial charge < -0.3 is 69.6 Å². The Labute approximate surface area is 366 Å². The van der Waals surface area contributed by atoms with Gasteiger partial charge in [0.05, 0.1) is 42.7 Å². The van der Waals surface area contributed by atoms with Gasteiger partial charge in [-0.3, -0.25) is 5.32 Å². The number of rotatable bonds is 8. The fraction of sp³-hybridized carbons (Fsp3) is 0.957. The molecule has 0 aromatic rings. The van der Waals surface area contributed by atoms with E-state index < -0.39 is 105 Å². The molecule has 3 aliphatic heterocycles. The Morgan fingerprint density at radius 1 is 0.710 bits per heavy atom. The molecule has 8 fully saturated rings. The molecule has 26 atom stereocenters. The van der Waals surface area contributed by atoms with Crippen molar-refractivity contribution < 1.29 is 69.6 Å². The van der Waals surface area contributed by atoms with Gasteiger partial charge in [0, 0.05) is 37.5 Å². The summed E-state index contributed by atoms with van der Waals surface area (Å²) < 4.78 is 32.9. The van der Waals surface area contributed by atoms with Crippen LogP contribution in [0.2, 0.25) is 0 Å². The molecule has 0 bridgehead atoms. The van der Waals surface area contributed by atoms with Crippen molar-refractivity contribution in [3.05, 3.63) is 11.6 Å². The molecule has 25 unspecified atom stereocenters. The van der Waals surface area contributed by atoms with E-state index in [0.717, 1.165) is 38.6 Å². The Hall–Kier alpha value is -0.860. The number of aliphatic hydroxyl groups excluding tert-OH is 9. The lowest BCUT2D eigenvalue weighted by Gasteiger charge is -2.59. The summed E-state index contributed by atoms with van der Waals surface area (Å²) in [6, 6.07) is 0. The minimum Gasteiger partial charge on any atom is -0.396 e. The maximum Gasteiger partial charge on any atom is 0.187 e. The van der Waals surface area contributed by atoms with Crippen LogP contribution >= 0.6 is 0 Å². The molecule has 6 aliphatic carbocycles. The molecule has 354 valence electrons. The zero-order valence-electron chi connectivity index (χ0n) is 37.3. The van der Waals surface area contributed by atoms with Crippen LogP contribution in [0.4, 0.5) is 0 Å². The van der Waals surface area contributed by atoms with E-state index in [1.807, 2.05) is 0 Å². The Bertz CT molecular complexity index is 1610. The molecule has 1 spiro atoms. The summed E-state index contributed by atoms with van der Waals surface area (Å²) in [4.78, 5) is 0. The predicted octanol–water partition coefficient (Wildman–Crippen LogP) is 1.11. The molecule has 0 aromatic carbocycles. The summed E-state index contributed by atoms with van der Waals surface area (Å²) >= 11 is 0. The van der Waals surface area contributed by atoms with E-state index in [0.29, 0.717) is 48.0 Å². The topological polar surface area (TPSA) is 240 Å². The summed E-state index contributed by atoms with van der Waals surface area (Å²) in [6.07, 6.45) is -5.46. The first-order chi connectivity index (χ1) is 29.4. The molecule has 0 amide bonds. The number of allylic oxidation sites excluding steroid dienone is 1. The predicted molar refractivity (Wildman–Crippen MR) is 223 cm³/mol. The highest BCUT2D eigenvalue weighted by molar-refractivity contribution is 5.27. The third kappa shape index (κ3) is 7.51. The van der Waals surface area contributed by atoms with Gasteiger partial charge in [-0.25, -0.2) is 0 Å². The Morgan fingerprint density at radius 3 is 2.13 bits per heavy atom. The minimum atomic E-state index is -1.66. The molecule has 3 saturated heterocycles. The van der Waals surface area contributed by atoms with Crippen molar-refractivity contribution in [1.82, 2.24) is 5.32 Å². The summed E-state index contributed by atoms with van der Waals surface area (Å²) in [5, 5.41) is 101. The number of piperidine rings is 1. The minimum absolute atomic E-state index is 0.0213. The van der Waals surface area contributed by atoms with Crippen LogP contribution in [-0.4, -0.2) is 163 Å². The first-order valence-corrected chi connectivity index (χ1v) is 24.2.